The van der Waals surface area contributed by atoms with E-state index in [1.807, 2.05) is 55.7 Å². The summed E-state index contributed by atoms with van der Waals surface area (Å²) in [7, 11) is 2.04. The van der Waals surface area contributed by atoms with Crippen LogP contribution in [-0.4, -0.2) is 12.0 Å². The molecule has 0 aliphatic rings. The zero-order valence-corrected chi connectivity index (χ0v) is 12.5. The number of pyridine rings is 1. The third kappa shape index (κ3) is 2.78. The lowest BCUT2D eigenvalue weighted by Crippen LogP contribution is -2.17. The van der Waals surface area contributed by atoms with Gasteiger partial charge in [0.2, 0.25) is 0 Å². The number of benzene rings is 2. The number of rotatable bonds is 3. The molecule has 1 aromatic heterocycles. The summed E-state index contributed by atoms with van der Waals surface area (Å²) in [5.41, 5.74) is 9.30. The molecule has 1 heterocycles. The third-order valence-corrected chi connectivity index (χ3v) is 3.84. The van der Waals surface area contributed by atoms with Crippen molar-refractivity contribution in [1.82, 2.24) is 4.98 Å². The number of nitrogen functional groups attached to an aromatic ring is 1. The van der Waals surface area contributed by atoms with E-state index in [1.165, 1.54) is 5.56 Å². The molecule has 0 saturated carbocycles. The van der Waals surface area contributed by atoms with Crippen molar-refractivity contribution >= 4 is 33.7 Å². The van der Waals surface area contributed by atoms with Gasteiger partial charge in [0.05, 0.1) is 11.4 Å². The summed E-state index contributed by atoms with van der Waals surface area (Å²) in [6.45, 7) is 0.776. The summed E-state index contributed by atoms with van der Waals surface area (Å²) in [5.74, 6) is 0. The first-order valence-corrected chi connectivity index (χ1v) is 7.11. The van der Waals surface area contributed by atoms with Gasteiger partial charge < -0.3 is 10.6 Å². The molecule has 0 radical (unpaired) electrons. The molecule has 3 nitrogen and oxygen atoms in total. The van der Waals surface area contributed by atoms with Gasteiger partial charge in [0.25, 0.3) is 0 Å². The Kier molecular flexibility index (Phi) is 3.67. The highest BCUT2D eigenvalue weighted by Gasteiger charge is 2.09. The van der Waals surface area contributed by atoms with E-state index in [1.54, 1.807) is 6.20 Å². The molecular formula is C17H16ClN3. The molecule has 0 unspecified atom stereocenters. The minimum atomic E-state index is 0.749. The van der Waals surface area contributed by atoms with E-state index in [2.05, 4.69) is 9.88 Å². The van der Waals surface area contributed by atoms with Crippen molar-refractivity contribution in [1.29, 1.82) is 0 Å². The van der Waals surface area contributed by atoms with Gasteiger partial charge in [-0.1, -0.05) is 29.8 Å². The van der Waals surface area contributed by atoms with Crippen LogP contribution >= 0.6 is 11.6 Å². The van der Waals surface area contributed by atoms with Crippen LogP contribution in [0.5, 0.6) is 0 Å². The predicted octanol–water partition coefficient (Wildman–Crippen LogP) is 4.11. The number of aromatic nitrogens is 1. The van der Waals surface area contributed by atoms with Crippen LogP contribution in [0.15, 0.2) is 54.9 Å². The number of hydrogen-bond donors (Lipinski definition) is 1. The zero-order valence-electron chi connectivity index (χ0n) is 11.8. The highest BCUT2D eigenvalue weighted by molar-refractivity contribution is 6.30. The number of nitrogens with two attached hydrogens (primary N) is 1. The van der Waals surface area contributed by atoms with Crippen molar-refractivity contribution < 1.29 is 0 Å². The van der Waals surface area contributed by atoms with Gasteiger partial charge in [-0.25, -0.2) is 0 Å². The SMILES string of the molecule is CN(Cc1ccc(Cl)cc1)c1ccc2cnccc2c1N. The molecule has 106 valence electrons. The van der Waals surface area contributed by atoms with Crippen LogP contribution in [0, 0.1) is 0 Å². The fourth-order valence-electron chi connectivity index (χ4n) is 2.46. The third-order valence-electron chi connectivity index (χ3n) is 3.58. The second kappa shape index (κ2) is 5.62. The fourth-order valence-corrected chi connectivity index (χ4v) is 2.59. The van der Waals surface area contributed by atoms with Gasteiger partial charge in [-0.2, -0.15) is 0 Å². The summed E-state index contributed by atoms with van der Waals surface area (Å²) in [4.78, 5) is 6.26. The molecule has 21 heavy (non-hydrogen) atoms. The van der Waals surface area contributed by atoms with Crippen molar-refractivity contribution in [2.45, 2.75) is 6.54 Å². The van der Waals surface area contributed by atoms with Crippen LogP contribution in [-0.2, 0) is 6.54 Å². The van der Waals surface area contributed by atoms with Crippen molar-refractivity contribution in [3.63, 3.8) is 0 Å². The molecule has 0 fully saturated rings. The van der Waals surface area contributed by atoms with Crippen LogP contribution in [0.4, 0.5) is 11.4 Å². The lowest BCUT2D eigenvalue weighted by atomic mass is 10.1. The number of fused-ring (bicyclic) bond motifs is 1. The first-order valence-electron chi connectivity index (χ1n) is 6.73. The topological polar surface area (TPSA) is 42.2 Å². The molecule has 0 bridgehead atoms. The summed E-state index contributed by atoms with van der Waals surface area (Å²) in [6, 6.07) is 13.9. The van der Waals surface area contributed by atoms with E-state index in [4.69, 9.17) is 17.3 Å². The first-order chi connectivity index (χ1) is 10.1. The van der Waals surface area contributed by atoms with Crippen LogP contribution < -0.4 is 10.6 Å². The Morgan fingerprint density at radius 3 is 2.62 bits per heavy atom. The molecule has 0 atom stereocenters. The number of nitrogens with zero attached hydrogens (tertiary/aromatic N) is 2. The lowest BCUT2D eigenvalue weighted by Gasteiger charge is -2.22. The summed E-state index contributed by atoms with van der Waals surface area (Å²) >= 11 is 5.92. The Hall–Kier alpha value is -2.26. The van der Waals surface area contributed by atoms with Crippen LogP contribution in [0.3, 0.4) is 0 Å². The first kappa shape index (κ1) is 13.7. The van der Waals surface area contributed by atoms with Gasteiger partial charge >= 0.3 is 0 Å². The van der Waals surface area contributed by atoms with Crippen LogP contribution in [0.1, 0.15) is 5.56 Å². The van der Waals surface area contributed by atoms with Gasteiger partial charge in [-0.15, -0.1) is 0 Å². The van der Waals surface area contributed by atoms with E-state index in [0.717, 1.165) is 33.7 Å². The highest BCUT2D eigenvalue weighted by Crippen LogP contribution is 2.31. The monoisotopic (exact) mass is 297 g/mol. The standard InChI is InChI=1S/C17H16ClN3/c1-21(11-12-2-5-14(18)6-3-12)16-7-4-13-10-20-9-8-15(13)17(16)19/h2-10H,11,19H2,1H3. The van der Waals surface area contributed by atoms with E-state index < -0.39 is 0 Å². The molecule has 2 aromatic carbocycles. The Morgan fingerprint density at radius 2 is 1.86 bits per heavy atom. The summed E-state index contributed by atoms with van der Waals surface area (Å²) in [5, 5.41) is 2.84. The van der Waals surface area contributed by atoms with Gasteiger partial charge in [0.1, 0.15) is 0 Å². The van der Waals surface area contributed by atoms with Crippen molar-refractivity contribution in [3.8, 4) is 0 Å². The quantitative estimate of drug-likeness (QED) is 0.740. The molecule has 3 aromatic rings. The van der Waals surface area contributed by atoms with E-state index in [9.17, 15) is 0 Å². The Morgan fingerprint density at radius 1 is 1.10 bits per heavy atom. The molecule has 0 aliphatic carbocycles. The molecule has 0 amide bonds. The second-order valence-corrected chi connectivity index (χ2v) is 5.51. The van der Waals surface area contributed by atoms with Gasteiger partial charge in [0, 0.05) is 41.8 Å². The molecule has 0 saturated heterocycles. The maximum Gasteiger partial charge on any atom is 0.0632 e. The predicted molar refractivity (Wildman–Crippen MR) is 89.7 cm³/mol. The largest absolute Gasteiger partial charge is 0.397 e. The van der Waals surface area contributed by atoms with Crippen molar-refractivity contribution in [3.05, 3.63) is 65.4 Å². The van der Waals surface area contributed by atoms with Gasteiger partial charge in [0.15, 0.2) is 0 Å². The molecule has 0 spiro atoms. The molecule has 0 aliphatic heterocycles. The Labute approximate surface area is 129 Å². The molecular weight excluding hydrogens is 282 g/mol. The Balaban J connectivity index is 1.92. The summed E-state index contributed by atoms with van der Waals surface area (Å²) < 4.78 is 0. The summed E-state index contributed by atoms with van der Waals surface area (Å²) in [6.07, 6.45) is 3.59. The molecule has 4 heteroatoms. The second-order valence-electron chi connectivity index (χ2n) is 5.08. The minimum absolute atomic E-state index is 0.749. The maximum absolute atomic E-state index is 6.31. The van der Waals surface area contributed by atoms with E-state index in [-0.39, 0.29) is 0 Å². The maximum atomic E-state index is 6.31. The zero-order chi connectivity index (χ0) is 14.8. The average molecular weight is 298 g/mol. The number of hydrogen-bond acceptors (Lipinski definition) is 3. The molecule has 3 rings (SSSR count). The molecule has 2 N–H and O–H groups in total. The highest BCUT2D eigenvalue weighted by atomic mass is 35.5. The van der Waals surface area contributed by atoms with Crippen molar-refractivity contribution in [2.24, 2.45) is 0 Å². The van der Waals surface area contributed by atoms with Crippen LogP contribution in [0.25, 0.3) is 10.8 Å². The lowest BCUT2D eigenvalue weighted by molar-refractivity contribution is 0.926. The van der Waals surface area contributed by atoms with Crippen LogP contribution in [0.2, 0.25) is 5.02 Å². The normalized spacial score (nSPS) is 10.8. The Bertz CT molecular complexity index is 769. The van der Waals surface area contributed by atoms with Crippen molar-refractivity contribution in [2.75, 3.05) is 17.7 Å². The van der Waals surface area contributed by atoms with Gasteiger partial charge in [-0.05, 0) is 29.8 Å². The minimum Gasteiger partial charge on any atom is -0.397 e. The van der Waals surface area contributed by atoms with E-state index >= 15 is 0 Å². The van der Waals surface area contributed by atoms with E-state index in [0.29, 0.717) is 0 Å². The van der Waals surface area contributed by atoms with Gasteiger partial charge in [-0.3, -0.25) is 4.98 Å². The number of anilines is 2. The average Bonchev–Trinajstić information content (AvgIpc) is 2.50. The smallest absolute Gasteiger partial charge is 0.0632 e. The number of halogens is 1. The fraction of sp³-hybridized carbons (Fsp3) is 0.118.